The van der Waals surface area contributed by atoms with Crippen molar-refractivity contribution in [1.82, 2.24) is 19.5 Å². The van der Waals surface area contributed by atoms with Gasteiger partial charge < -0.3 is 9.47 Å². The van der Waals surface area contributed by atoms with E-state index in [2.05, 4.69) is 55.9 Å². The third kappa shape index (κ3) is 4.02. The molecule has 6 nitrogen and oxygen atoms in total. The van der Waals surface area contributed by atoms with E-state index in [0.29, 0.717) is 19.8 Å². The largest absolute Gasteiger partial charge is 0.380 e. The predicted octanol–water partition coefficient (Wildman–Crippen LogP) is 3.68. The third-order valence-corrected chi connectivity index (χ3v) is 4.27. The molecule has 0 fully saturated rings. The van der Waals surface area contributed by atoms with Crippen molar-refractivity contribution in [2.45, 2.75) is 19.8 Å². The van der Waals surface area contributed by atoms with Crippen LogP contribution in [0.15, 0.2) is 67.4 Å². The zero-order chi connectivity index (χ0) is 18.5. The Labute approximate surface area is 157 Å². The molecule has 0 atom stereocenters. The Kier molecular flexibility index (Phi) is 5.18. The lowest BCUT2D eigenvalue weighted by atomic mass is 10.2. The molecule has 0 aliphatic carbocycles. The minimum absolute atomic E-state index is 0.461. The molecule has 0 unspecified atom stereocenters. The molecule has 0 saturated carbocycles. The molecule has 2 heterocycles. The molecule has 2 aromatic heterocycles. The molecule has 0 radical (unpaired) electrons. The number of benzene rings is 2. The molecule has 0 bridgehead atoms. The molecule has 0 saturated heterocycles. The lowest BCUT2D eigenvalue weighted by Gasteiger charge is -2.08. The minimum atomic E-state index is 0.461. The van der Waals surface area contributed by atoms with Gasteiger partial charge in [-0.3, -0.25) is 4.57 Å². The van der Waals surface area contributed by atoms with Gasteiger partial charge in [-0.05, 0) is 41.5 Å². The summed E-state index contributed by atoms with van der Waals surface area (Å²) in [4.78, 5) is 12.6. The molecule has 4 rings (SSSR count). The molecule has 0 amide bonds. The molecule has 27 heavy (non-hydrogen) atoms. The van der Waals surface area contributed by atoms with E-state index in [-0.39, 0.29) is 0 Å². The number of aromatic nitrogens is 4. The quantitative estimate of drug-likeness (QED) is 0.503. The van der Waals surface area contributed by atoms with Crippen LogP contribution in [0.1, 0.15) is 16.8 Å². The van der Waals surface area contributed by atoms with E-state index >= 15 is 0 Å². The van der Waals surface area contributed by atoms with Crippen LogP contribution in [0.3, 0.4) is 0 Å². The van der Waals surface area contributed by atoms with E-state index < -0.39 is 0 Å². The summed E-state index contributed by atoms with van der Waals surface area (Å²) in [6.07, 6.45) is 5.10. The first kappa shape index (κ1) is 17.3. The van der Waals surface area contributed by atoms with Crippen LogP contribution in [-0.2, 0) is 29.3 Å². The second-order valence-corrected chi connectivity index (χ2v) is 6.23. The third-order valence-electron chi connectivity index (χ3n) is 4.27. The van der Waals surface area contributed by atoms with Crippen molar-refractivity contribution < 1.29 is 9.47 Å². The first-order chi connectivity index (χ1) is 13.3. The van der Waals surface area contributed by atoms with Crippen molar-refractivity contribution in [2.75, 3.05) is 7.11 Å². The van der Waals surface area contributed by atoms with Gasteiger partial charge >= 0.3 is 0 Å². The average molecular weight is 360 g/mol. The topological polar surface area (TPSA) is 62.1 Å². The predicted molar refractivity (Wildman–Crippen MR) is 102 cm³/mol. The molecule has 0 aliphatic heterocycles. The van der Waals surface area contributed by atoms with Crippen LogP contribution in [-0.4, -0.2) is 26.6 Å². The highest BCUT2D eigenvalue weighted by molar-refractivity contribution is 5.78. The Hall–Kier alpha value is -3.09. The van der Waals surface area contributed by atoms with Crippen LogP contribution in [0.5, 0.6) is 0 Å². The molecular formula is C21H20N4O2. The summed E-state index contributed by atoms with van der Waals surface area (Å²) in [6, 6.07) is 16.3. The highest BCUT2D eigenvalue weighted by atomic mass is 16.5. The second kappa shape index (κ2) is 8.07. The normalized spacial score (nSPS) is 11.1. The molecule has 2 aromatic carbocycles. The first-order valence-electron chi connectivity index (χ1n) is 8.70. The number of methoxy groups -OCH3 is 1. The highest BCUT2D eigenvalue weighted by Crippen LogP contribution is 2.21. The van der Waals surface area contributed by atoms with E-state index in [1.54, 1.807) is 13.3 Å². The second-order valence-electron chi connectivity index (χ2n) is 6.23. The number of nitrogens with zero attached hydrogens (tertiary/aromatic N) is 4. The number of rotatable bonds is 7. The maximum Gasteiger partial charge on any atom is 0.115 e. The van der Waals surface area contributed by atoms with Crippen LogP contribution in [0, 0.1) is 0 Å². The lowest BCUT2D eigenvalue weighted by Crippen LogP contribution is -1.98. The van der Waals surface area contributed by atoms with Gasteiger partial charge in [0.1, 0.15) is 12.7 Å². The number of imidazole rings is 1. The van der Waals surface area contributed by atoms with Crippen molar-refractivity contribution in [3.8, 4) is 5.69 Å². The van der Waals surface area contributed by atoms with Crippen LogP contribution in [0.25, 0.3) is 16.7 Å². The first-order valence-corrected chi connectivity index (χ1v) is 8.70. The SMILES string of the molecule is COCc1ccc2c(c1)ncn2-c1cccc(COCc2ccncn2)c1. The number of hydrogen-bond donors (Lipinski definition) is 0. The van der Waals surface area contributed by atoms with E-state index in [4.69, 9.17) is 9.47 Å². The van der Waals surface area contributed by atoms with E-state index in [0.717, 1.165) is 33.5 Å². The van der Waals surface area contributed by atoms with Crippen LogP contribution in [0.2, 0.25) is 0 Å². The lowest BCUT2D eigenvalue weighted by molar-refractivity contribution is 0.104. The van der Waals surface area contributed by atoms with Gasteiger partial charge in [0.15, 0.2) is 0 Å². The Morgan fingerprint density at radius 1 is 0.926 bits per heavy atom. The highest BCUT2D eigenvalue weighted by Gasteiger charge is 2.07. The summed E-state index contributed by atoms with van der Waals surface area (Å²) < 4.78 is 13.1. The monoisotopic (exact) mass is 360 g/mol. The zero-order valence-corrected chi connectivity index (χ0v) is 15.1. The zero-order valence-electron chi connectivity index (χ0n) is 15.1. The molecular weight excluding hydrogens is 340 g/mol. The van der Waals surface area contributed by atoms with Gasteiger partial charge in [-0.15, -0.1) is 0 Å². The Balaban J connectivity index is 1.51. The van der Waals surface area contributed by atoms with Crippen molar-refractivity contribution in [3.63, 3.8) is 0 Å². The van der Waals surface area contributed by atoms with Crippen molar-refractivity contribution >= 4 is 11.0 Å². The summed E-state index contributed by atoms with van der Waals surface area (Å²) in [7, 11) is 1.70. The van der Waals surface area contributed by atoms with Crippen molar-refractivity contribution in [2.24, 2.45) is 0 Å². The van der Waals surface area contributed by atoms with Gasteiger partial charge in [-0.25, -0.2) is 15.0 Å². The minimum Gasteiger partial charge on any atom is -0.380 e. The average Bonchev–Trinajstić information content (AvgIpc) is 3.13. The molecule has 0 aliphatic rings. The number of ether oxygens (including phenoxy) is 2. The van der Waals surface area contributed by atoms with Crippen LogP contribution < -0.4 is 0 Å². The van der Waals surface area contributed by atoms with Crippen molar-refractivity contribution in [1.29, 1.82) is 0 Å². The number of hydrogen-bond acceptors (Lipinski definition) is 5. The fourth-order valence-corrected chi connectivity index (χ4v) is 2.99. The van der Waals surface area contributed by atoms with Gasteiger partial charge in [0.25, 0.3) is 0 Å². The molecule has 0 N–H and O–H groups in total. The van der Waals surface area contributed by atoms with E-state index in [1.165, 1.54) is 6.33 Å². The standard InChI is InChI=1S/C21H20N4O2/c1-26-11-17-5-6-21-20(10-17)24-15-25(21)19-4-2-3-16(9-19)12-27-13-18-7-8-22-14-23-18/h2-10,14-15H,11-13H2,1H3. The Morgan fingerprint density at radius 2 is 1.85 bits per heavy atom. The van der Waals surface area contributed by atoms with E-state index in [1.807, 2.05) is 18.5 Å². The van der Waals surface area contributed by atoms with Crippen LogP contribution in [0.4, 0.5) is 0 Å². The van der Waals surface area contributed by atoms with Gasteiger partial charge in [-0.1, -0.05) is 18.2 Å². The smallest absolute Gasteiger partial charge is 0.115 e. The molecule has 6 heteroatoms. The Bertz CT molecular complexity index is 1030. The number of fused-ring (bicyclic) bond motifs is 1. The summed E-state index contributed by atoms with van der Waals surface area (Å²) >= 11 is 0. The summed E-state index contributed by atoms with van der Waals surface area (Å²) in [6.45, 7) is 1.56. The van der Waals surface area contributed by atoms with Gasteiger partial charge in [0.2, 0.25) is 0 Å². The van der Waals surface area contributed by atoms with Crippen molar-refractivity contribution in [3.05, 3.63) is 84.2 Å². The Morgan fingerprint density at radius 3 is 2.70 bits per heavy atom. The van der Waals surface area contributed by atoms with Gasteiger partial charge in [0, 0.05) is 19.0 Å². The fourth-order valence-electron chi connectivity index (χ4n) is 2.99. The van der Waals surface area contributed by atoms with E-state index in [9.17, 15) is 0 Å². The maximum atomic E-state index is 5.78. The van der Waals surface area contributed by atoms with Gasteiger partial charge in [-0.2, -0.15) is 0 Å². The summed E-state index contributed by atoms with van der Waals surface area (Å²) in [5, 5.41) is 0. The molecule has 4 aromatic rings. The van der Waals surface area contributed by atoms with Crippen LogP contribution >= 0.6 is 0 Å². The summed E-state index contributed by atoms with van der Waals surface area (Å²) in [5.74, 6) is 0. The summed E-state index contributed by atoms with van der Waals surface area (Å²) in [5.41, 5.74) is 6.15. The maximum absolute atomic E-state index is 5.78. The van der Waals surface area contributed by atoms with Gasteiger partial charge in [0.05, 0.1) is 36.5 Å². The molecule has 136 valence electrons. The molecule has 0 spiro atoms. The fraction of sp³-hybridized carbons (Fsp3) is 0.190.